The van der Waals surface area contributed by atoms with Crippen LogP contribution in [0.5, 0.6) is 0 Å². The summed E-state index contributed by atoms with van der Waals surface area (Å²) in [5, 5.41) is 10.2. The summed E-state index contributed by atoms with van der Waals surface area (Å²) in [7, 11) is 0. The standard InChI is InChI=1S/C20H26FN3O2/c21-20-7-2-1-5-17(20)15-26-16-19(25)14-24-11-9-23(10-12-24)13-18-6-3-4-8-22-18/h1-8,19,25H,9-16H2. The summed E-state index contributed by atoms with van der Waals surface area (Å²) in [6, 6.07) is 12.5. The topological polar surface area (TPSA) is 48.8 Å². The molecule has 1 unspecified atom stereocenters. The van der Waals surface area contributed by atoms with Crippen molar-refractivity contribution in [2.45, 2.75) is 19.3 Å². The van der Waals surface area contributed by atoms with Crippen LogP contribution in [0.1, 0.15) is 11.3 Å². The number of ether oxygens (including phenoxy) is 1. The van der Waals surface area contributed by atoms with Gasteiger partial charge in [-0.2, -0.15) is 0 Å². The number of hydrogen-bond donors (Lipinski definition) is 1. The average Bonchev–Trinajstić information content (AvgIpc) is 2.66. The van der Waals surface area contributed by atoms with Crippen molar-refractivity contribution in [3.8, 4) is 0 Å². The predicted octanol–water partition coefficient (Wildman–Crippen LogP) is 1.92. The van der Waals surface area contributed by atoms with Crippen LogP contribution in [0.2, 0.25) is 0 Å². The van der Waals surface area contributed by atoms with Gasteiger partial charge in [0.2, 0.25) is 0 Å². The molecule has 1 fully saturated rings. The van der Waals surface area contributed by atoms with Gasteiger partial charge in [0.1, 0.15) is 5.82 Å². The second-order valence-electron chi connectivity index (χ2n) is 6.66. The van der Waals surface area contributed by atoms with Gasteiger partial charge in [-0.25, -0.2) is 4.39 Å². The Bertz CT molecular complexity index is 663. The first-order valence-electron chi connectivity index (χ1n) is 9.04. The molecule has 1 aliphatic heterocycles. The van der Waals surface area contributed by atoms with Crippen molar-refractivity contribution < 1.29 is 14.2 Å². The molecule has 0 bridgehead atoms. The molecule has 0 aliphatic carbocycles. The first-order valence-corrected chi connectivity index (χ1v) is 9.04. The van der Waals surface area contributed by atoms with E-state index >= 15 is 0 Å². The third kappa shape index (κ3) is 5.85. The molecule has 3 rings (SSSR count). The average molecular weight is 359 g/mol. The SMILES string of the molecule is OC(COCc1ccccc1F)CN1CCN(Cc2ccccn2)CC1. The molecule has 1 aromatic heterocycles. The van der Waals surface area contributed by atoms with E-state index in [1.54, 1.807) is 18.2 Å². The van der Waals surface area contributed by atoms with Gasteiger partial charge in [-0.05, 0) is 18.2 Å². The summed E-state index contributed by atoms with van der Waals surface area (Å²) in [5.41, 5.74) is 1.60. The number of rotatable bonds is 8. The third-order valence-corrected chi connectivity index (χ3v) is 4.57. The zero-order chi connectivity index (χ0) is 18.2. The number of aliphatic hydroxyl groups is 1. The van der Waals surface area contributed by atoms with Gasteiger partial charge in [0, 0.05) is 51.0 Å². The first kappa shape index (κ1) is 18.9. The lowest BCUT2D eigenvalue weighted by atomic mass is 10.2. The quantitative estimate of drug-likeness (QED) is 0.780. The highest BCUT2D eigenvalue weighted by Crippen LogP contribution is 2.09. The van der Waals surface area contributed by atoms with Crippen LogP contribution in [0.15, 0.2) is 48.7 Å². The van der Waals surface area contributed by atoms with E-state index in [2.05, 4.69) is 14.8 Å². The van der Waals surface area contributed by atoms with E-state index in [0.717, 1.165) is 38.4 Å². The van der Waals surface area contributed by atoms with Gasteiger partial charge in [0.05, 0.1) is 25.0 Å². The maximum absolute atomic E-state index is 13.5. The molecule has 0 spiro atoms. The number of β-amino-alcohol motifs (C(OH)–C–C–N with tert-alkyl or cyclic N) is 1. The molecule has 1 aliphatic rings. The van der Waals surface area contributed by atoms with Crippen molar-refractivity contribution in [2.24, 2.45) is 0 Å². The molecule has 2 heterocycles. The normalized spacial score (nSPS) is 17.3. The van der Waals surface area contributed by atoms with Gasteiger partial charge >= 0.3 is 0 Å². The Morgan fingerprint density at radius 2 is 1.77 bits per heavy atom. The van der Waals surface area contributed by atoms with Crippen molar-refractivity contribution in [3.63, 3.8) is 0 Å². The van der Waals surface area contributed by atoms with Crippen molar-refractivity contribution in [1.29, 1.82) is 0 Å². The molecular formula is C20H26FN3O2. The fourth-order valence-corrected chi connectivity index (χ4v) is 3.12. The molecule has 5 nitrogen and oxygen atoms in total. The molecule has 140 valence electrons. The van der Waals surface area contributed by atoms with Gasteiger partial charge < -0.3 is 9.84 Å². The molecule has 1 N–H and O–H groups in total. The first-order chi connectivity index (χ1) is 12.7. The molecular weight excluding hydrogens is 333 g/mol. The molecule has 0 radical (unpaired) electrons. The summed E-state index contributed by atoms with van der Waals surface area (Å²) >= 11 is 0. The van der Waals surface area contributed by atoms with E-state index in [1.165, 1.54) is 6.07 Å². The Morgan fingerprint density at radius 3 is 2.50 bits per heavy atom. The summed E-state index contributed by atoms with van der Waals surface area (Å²) in [6.07, 6.45) is 1.26. The molecule has 0 saturated carbocycles. The highest BCUT2D eigenvalue weighted by Gasteiger charge is 2.19. The van der Waals surface area contributed by atoms with E-state index in [-0.39, 0.29) is 19.0 Å². The number of halogens is 1. The minimum absolute atomic E-state index is 0.182. The summed E-state index contributed by atoms with van der Waals surface area (Å²) in [4.78, 5) is 8.98. The Labute approximate surface area is 154 Å². The summed E-state index contributed by atoms with van der Waals surface area (Å²) in [5.74, 6) is -0.272. The van der Waals surface area contributed by atoms with Crippen LogP contribution >= 0.6 is 0 Å². The molecule has 1 saturated heterocycles. The predicted molar refractivity (Wildman–Crippen MR) is 98.0 cm³/mol. The van der Waals surface area contributed by atoms with Crippen LogP contribution in [-0.4, -0.2) is 65.3 Å². The van der Waals surface area contributed by atoms with E-state index in [9.17, 15) is 9.50 Å². The lowest BCUT2D eigenvalue weighted by Gasteiger charge is -2.35. The molecule has 26 heavy (non-hydrogen) atoms. The number of pyridine rings is 1. The highest BCUT2D eigenvalue weighted by molar-refractivity contribution is 5.16. The largest absolute Gasteiger partial charge is 0.389 e. The van der Waals surface area contributed by atoms with Gasteiger partial charge in [0.25, 0.3) is 0 Å². The maximum Gasteiger partial charge on any atom is 0.128 e. The lowest BCUT2D eigenvalue weighted by Crippen LogP contribution is -2.48. The fraction of sp³-hybridized carbons (Fsp3) is 0.450. The highest BCUT2D eigenvalue weighted by atomic mass is 19.1. The number of aromatic nitrogens is 1. The minimum atomic E-state index is -0.566. The summed E-state index contributed by atoms with van der Waals surface area (Å²) < 4.78 is 19.0. The van der Waals surface area contributed by atoms with Gasteiger partial charge in [0.15, 0.2) is 0 Å². The van der Waals surface area contributed by atoms with E-state index < -0.39 is 6.10 Å². The zero-order valence-electron chi connectivity index (χ0n) is 14.9. The Kier molecular flexibility index (Phi) is 7.08. The molecule has 2 aromatic rings. The van der Waals surface area contributed by atoms with Crippen LogP contribution in [0.3, 0.4) is 0 Å². The van der Waals surface area contributed by atoms with Crippen molar-refractivity contribution in [1.82, 2.24) is 14.8 Å². The molecule has 0 amide bonds. The fourth-order valence-electron chi connectivity index (χ4n) is 3.12. The van der Waals surface area contributed by atoms with Crippen LogP contribution in [0.4, 0.5) is 4.39 Å². The van der Waals surface area contributed by atoms with Crippen molar-refractivity contribution in [2.75, 3.05) is 39.3 Å². The van der Waals surface area contributed by atoms with Gasteiger partial charge in [-0.15, -0.1) is 0 Å². The Morgan fingerprint density at radius 1 is 1.04 bits per heavy atom. The second-order valence-corrected chi connectivity index (χ2v) is 6.66. The smallest absolute Gasteiger partial charge is 0.128 e. The number of benzene rings is 1. The lowest BCUT2D eigenvalue weighted by molar-refractivity contribution is 0.000180. The number of nitrogens with zero attached hydrogens (tertiary/aromatic N) is 3. The monoisotopic (exact) mass is 359 g/mol. The van der Waals surface area contributed by atoms with Crippen LogP contribution in [0.25, 0.3) is 0 Å². The van der Waals surface area contributed by atoms with Crippen LogP contribution in [0, 0.1) is 5.82 Å². The Hall–Kier alpha value is -1.86. The van der Waals surface area contributed by atoms with Crippen molar-refractivity contribution >= 4 is 0 Å². The number of piperazine rings is 1. The van der Waals surface area contributed by atoms with Gasteiger partial charge in [-0.3, -0.25) is 14.8 Å². The van der Waals surface area contributed by atoms with E-state index in [0.29, 0.717) is 12.1 Å². The maximum atomic E-state index is 13.5. The van der Waals surface area contributed by atoms with E-state index in [1.807, 2.05) is 24.4 Å². The number of aliphatic hydroxyl groups excluding tert-OH is 1. The van der Waals surface area contributed by atoms with Gasteiger partial charge in [-0.1, -0.05) is 24.3 Å². The second kappa shape index (κ2) is 9.73. The molecule has 6 heteroatoms. The van der Waals surface area contributed by atoms with Crippen LogP contribution in [-0.2, 0) is 17.9 Å². The van der Waals surface area contributed by atoms with Crippen LogP contribution < -0.4 is 0 Å². The van der Waals surface area contributed by atoms with E-state index in [4.69, 9.17) is 4.74 Å². The Balaban J connectivity index is 1.33. The zero-order valence-corrected chi connectivity index (χ0v) is 14.9. The van der Waals surface area contributed by atoms with Crippen molar-refractivity contribution in [3.05, 3.63) is 65.7 Å². The summed E-state index contributed by atoms with van der Waals surface area (Å²) in [6.45, 7) is 5.58. The third-order valence-electron chi connectivity index (χ3n) is 4.57. The minimum Gasteiger partial charge on any atom is -0.389 e. The number of hydrogen-bond acceptors (Lipinski definition) is 5. The molecule has 1 aromatic carbocycles. The molecule has 1 atom stereocenters.